The van der Waals surface area contributed by atoms with Crippen LogP contribution in [0.2, 0.25) is 0 Å². The van der Waals surface area contributed by atoms with Crippen LogP contribution in [0.3, 0.4) is 0 Å². The Morgan fingerprint density at radius 2 is 1.88 bits per heavy atom. The second kappa shape index (κ2) is 8.02. The lowest BCUT2D eigenvalue weighted by Gasteiger charge is -2.31. The van der Waals surface area contributed by atoms with Gasteiger partial charge in [-0.2, -0.15) is 0 Å². The first-order chi connectivity index (χ1) is 11.8. The molecule has 5 nitrogen and oxygen atoms in total. The van der Waals surface area contributed by atoms with E-state index >= 15 is 0 Å². The summed E-state index contributed by atoms with van der Waals surface area (Å²) in [5, 5.41) is 10.6. The molecule has 25 heavy (non-hydrogen) atoms. The predicted octanol–water partition coefficient (Wildman–Crippen LogP) is 3.44. The molecule has 1 aliphatic carbocycles. The number of nitrogens with one attached hydrogen (secondary N) is 2. The Labute approximate surface area is 154 Å². The molecular weight excluding hydrogens is 338 g/mol. The van der Waals surface area contributed by atoms with Crippen LogP contribution in [-0.2, 0) is 0 Å². The third kappa shape index (κ3) is 4.22. The van der Waals surface area contributed by atoms with Crippen molar-refractivity contribution in [3.8, 4) is 0 Å². The summed E-state index contributed by atoms with van der Waals surface area (Å²) in [6, 6.07) is 12.0. The maximum Gasteiger partial charge on any atom is 0.273 e. The number of aromatic nitrogens is 1. The van der Waals surface area contributed by atoms with Crippen LogP contribution in [-0.4, -0.2) is 24.2 Å². The number of halogens is 1. The fourth-order valence-electron chi connectivity index (χ4n) is 3.48. The highest BCUT2D eigenvalue weighted by atomic mass is 35.5. The lowest BCUT2D eigenvalue weighted by molar-refractivity contribution is 0.0905. The summed E-state index contributed by atoms with van der Waals surface area (Å²) in [4.78, 5) is 12.7. The maximum absolute atomic E-state index is 12.7. The molecule has 2 aliphatic rings. The molecule has 2 N–H and O–H groups in total. The van der Waals surface area contributed by atoms with Crippen molar-refractivity contribution < 1.29 is 9.32 Å². The van der Waals surface area contributed by atoms with E-state index in [4.69, 9.17) is 4.52 Å². The van der Waals surface area contributed by atoms with Crippen molar-refractivity contribution in [3.63, 3.8) is 0 Å². The van der Waals surface area contributed by atoms with Crippen molar-refractivity contribution in [1.29, 1.82) is 0 Å². The molecule has 0 spiro atoms. The average Bonchev–Trinajstić information content (AvgIpc) is 3.38. The minimum Gasteiger partial charge on any atom is -0.360 e. The third-order valence-electron chi connectivity index (χ3n) is 5.04. The van der Waals surface area contributed by atoms with Crippen LogP contribution in [0.5, 0.6) is 0 Å². The van der Waals surface area contributed by atoms with E-state index in [-0.39, 0.29) is 24.4 Å². The van der Waals surface area contributed by atoms with E-state index in [1.807, 2.05) is 18.2 Å². The van der Waals surface area contributed by atoms with Crippen LogP contribution >= 0.6 is 12.4 Å². The van der Waals surface area contributed by atoms with E-state index in [1.165, 1.54) is 0 Å². The quantitative estimate of drug-likeness (QED) is 0.856. The molecule has 1 saturated heterocycles. The number of carbonyl (C=O) groups excluding carboxylic acids is 1. The van der Waals surface area contributed by atoms with Crippen LogP contribution in [0.25, 0.3) is 0 Å². The molecular formula is C19H24ClN3O2. The maximum atomic E-state index is 12.7. The van der Waals surface area contributed by atoms with E-state index in [1.54, 1.807) is 6.07 Å². The topological polar surface area (TPSA) is 67.2 Å². The first-order valence-electron chi connectivity index (χ1n) is 8.84. The van der Waals surface area contributed by atoms with Crippen LogP contribution in [0.1, 0.15) is 59.5 Å². The zero-order chi connectivity index (χ0) is 16.4. The van der Waals surface area contributed by atoms with Crippen molar-refractivity contribution in [2.24, 2.45) is 5.92 Å². The Hall–Kier alpha value is -1.85. The van der Waals surface area contributed by atoms with Gasteiger partial charge in [0.2, 0.25) is 0 Å². The molecule has 2 aromatic rings. The molecule has 1 saturated carbocycles. The van der Waals surface area contributed by atoms with Gasteiger partial charge in [-0.3, -0.25) is 4.79 Å². The Kier molecular flexibility index (Phi) is 5.76. The van der Waals surface area contributed by atoms with Crippen LogP contribution < -0.4 is 10.6 Å². The highest BCUT2D eigenvalue weighted by Crippen LogP contribution is 2.40. The molecule has 134 valence electrons. The molecule has 1 atom stereocenters. The van der Waals surface area contributed by atoms with Crippen molar-refractivity contribution in [1.82, 2.24) is 15.8 Å². The molecule has 2 heterocycles. The summed E-state index contributed by atoms with van der Waals surface area (Å²) in [5.41, 5.74) is 1.55. The lowest BCUT2D eigenvalue weighted by atomic mass is 9.86. The number of nitrogens with zero attached hydrogens (tertiary/aromatic N) is 1. The highest BCUT2D eigenvalue weighted by Gasteiger charge is 2.31. The fraction of sp³-hybridized carbons (Fsp3) is 0.474. The van der Waals surface area contributed by atoms with Gasteiger partial charge >= 0.3 is 0 Å². The van der Waals surface area contributed by atoms with Crippen LogP contribution in [0, 0.1) is 5.92 Å². The molecule has 0 bridgehead atoms. The number of carbonyl (C=O) groups is 1. The largest absolute Gasteiger partial charge is 0.360 e. The fourth-order valence-corrected chi connectivity index (χ4v) is 3.48. The summed E-state index contributed by atoms with van der Waals surface area (Å²) in [5.74, 6) is 1.61. The van der Waals surface area contributed by atoms with Gasteiger partial charge in [0.1, 0.15) is 5.76 Å². The van der Waals surface area contributed by atoms with E-state index < -0.39 is 0 Å². The summed E-state index contributed by atoms with van der Waals surface area (Å²) < 4.78 is 5.32. The van der Waals surface area contributed by atoms with Gasteiger partial charge in [-0.05, 0) is 50.3 Å². The molecule has 4 rings (SSSR count). The van der Waals surface area contributed by atoms with Gasteiger partial charge in [-0.25, -0.2) is 0 Å². The molecule has 1 aromatic heterocycles. The SMILES string of the molecule is Cl.O=C(NC(c1ccccc1)C1CCNCC1)c1cc(C2CC2)on1. The summed E-state index contributed by atoms with van der Waals surface area (Å²) in [6.07, 6.45) is 4.40. The minimum absolute atomic E-state index is 0. The number of benzene rings is 1. The highest BCUT2D eigenvalue weighted by molar-refractivity contribution is 5.92. The van der Waals surface area contributed by atoms with Gasteiger partial charge in [0.05, 0.1) is 6.04 Å². The Morgan fingerprint density at radius 3 is 2.56 bits per heavy atom. The smallest absolute Gasteiger partial charge is 0.273 e. The normalized spacial score (nSPS) is 19.0. The first-order valence-corrected chi connectivity index (χ1v) is 8.84. The van der Waals surface area contributed by atoms with Crippen molar-refractivity contribution in [2.75, 3.05) is 13.1 Å². The number of hydrogen-bond acceptors (Lipinski definition) is 4. The van der Waals surface area contributed by atoms with Crippen molar-refractivity contribution in [2.45, 2.75) is 37.6 Å². The summed E-state index contributed by atoms with van der Waals surface area (Å²) in [7, 11) is 0. The Bertz CT molecular complexity index is 694. The number of amides is 1. The van der Waals surface area contributed by atoms with E-state index in [0.717, 1.165) is 50.1 Å². The minimum atomic E-state index is -0.141. The van der Waals surface area contributed by atoms with Gasteiger partial charge < -0.3 is 15.2 Å². The molecule has 1 amide bonds. The second-order valence-corrected chi connectivity index (χ2v) is 6.84. The van der Waals surface area contributed by atoms with Gasteiger partial charge in [-0.15, -0.1) is 12.4 Å². The third-order valence-corrected chi connectivity index (χ3v) is 5.04. The second-order valence-electron chi connectivity index (χ2n) is 6.84. The molecule has 1 unspecified atom stereocenters. The van der Waals surface area contributed by atoms with Crippen molar-refractivity contribution >= 4 is 18.3 Å². The van der Waals surface area contributed by atoms with Gasteiger partial charge in [0.25, 0.3) is 5.91 Å². The van der Waals surface area contributed by atoms with Crippen LogP contribution in [0.15, 0.2) is 40.9 Å². The summed E-state index contributed by atoms with van der Waals surface area (Å²) in [6.45, 7) is 2.00. The predicted molar refractivity (Wildman–Crippen MR) is 98.0 cm³/mol. The lowest BCUT2D eigenvalue weighted by Crippen LogP contribution is -2.39. The van der Waals surface area contributed by atoms with Crippen molar-refractivity contribution in [3.05, 3.63) is 53.4 Å². The monoisotopic (exact) mass is 361 g/mol. The molecule has 6 heteroatoms. The summed E-state index contributed by atoms with van der Waals surface area (Å²) >= 11 is 0. The van der Waals surface area contributed by atoms with Gasteiger partial charge in [0, 0.05) is 12.0 Å². The molecule has 0 radical (unpaired) electrons. The van der Waals surface area contributed by atoms with E-state index in [2.05, 4.69) is 27.9 Å². The van der Waals surface area contributed by atoms with Gasteiger partial charge in [0.15, 0.2) is 5.69 Å². The van der Waals surface area contributed by atoms with E-state index in [9.17, 15) is 4.79 Å². The Balaban J connectivity index is 0.00000182. The molecule has 2 fully saturated rings. The zero-order valence-corrected chi connectivity index (χ0v) is 14.9. The first kappa shape index (κ1) is 18.0. The average molecular weight is 362 g/mol. The molecule has 1 aromatic carbocycles. The number of rotatable bonds is 5. The number of piperidine rings is 1. The Morgan fingerprint density at radius 1 is 1.16 bits per heavy atom. The zero-order valence-electron chi connectivity index (χ0n) is 14.1. The molecule has 1 aliphatic heterocycles. The van der Waals surface area contributed by atoms with E-state index in [0.29, 0.717) is 17.5 Å². The standard InChI is InChI=1S/C19H23N3O2.ClH/c23-19(16-12-17(24-22-16)13-6-7-13)21-18(14-4-2-1-3-5-14)15-8-10-20-11-9-15;/h1-5,12-13,15,18,20H,6-11H2,(H,21,23);1H. The number of hydrogen-bond donors (Lipinski definition) is 2. The van der Waals surface area contributed by atoms with Crippen LogP contribution in [0.4, 0.5) is 0 Å². The van der Waals surface area contributed by atoms with Gasteiger partial charge in [-0.1, -0.05) is 35.5 Å².